The Morgan fingerprint density at radius 2 is 1.91 bits per heavy atom. The number of thioether (sulfide) groups is 1. The van der Waals surface area contributed by atoms with Gasteiger partial charge in [0.1, 0.15) is 0 Å². The second kappa shape index (κ2) is 3.28. The fourth-order valence-electron chi connectivity index (χ4n) is 0.974. The maximum Gasteiger partial charge on any atom is 0.0611 e. The predicted octanol–water partition coefficient (Wildman–Crippen LogP) is 2.18. The molecular formula is C9H10OS. The van der Waals surface area contributed by atoms with Crippen LogP contribution in [0.4, 0.5) is 0 Å². The highest BCUT2D eigenvalue weighted by Gasteiger charge is 2.18. The molecule has 2 rings (SSSR count). The van der Waals surface area contributed by atoms with Gasteiger partial charge in [-0.2, -0.15) is 0 Å². The Kier molecular flexibility index (Phi) is 2.15. The molecule has 0 unspecified atom stereocenters. The van der Waals surface area contributed by atoms with E-state index in [1.165, 1.54) is 4.90 Å². The summed E-state index contributed by atoms with van der Waals surface area (Å²) in [5.41, 5.74) is 0. The van der Waals surface area contributed by atoms with E-state index in [0.29, 0.717) is 5.25 Å². The zero-order valence-electron chi connectivity index (χ0n) is 6.19. The number of hydrogen-bond donors (Lipinski definition) is 0. The van der Waals surface area contributed by atoms with Gasteiger partial charge in [0.2, 0.25) is 0 Å². The van der Waals surface area contributed by atoms with E-state index < -0.39 is 0 Å². The van der Waals surface area contributed by atoms with Crippen molar-refractivity contribution in [1.82, 2.24) is 0 Å². The van der Waals surface area contributed by atoms with Crippen LogP contribution >= 0.6 is 11.8 Å². The quantitative estimate of drug-likeness (QED) is 0.666. The van der Waals surface area contributed by atoms with Gasteiger partial charge in [-0.3, -0.25) is 0 Å². The van der Waals surface area contributed by atoms with E-state index in [9.17, 15) is 0 Å². The molecule has 0 spiro atoms. The summed E-state index contributed by atoms with van der Waals surface area (Å²) in [7, 11) is 0. The molecule has 0 amide bonds. The molecule has 0 saturated carbocycles. The molecule has 2 heteroatoms. The van der Waals surface area contributed by atoms with Gasteiger partial charge in [-0.15, -0.1) is 11.8 Å². The molecule has 1 aromatic carbocycles. The van der Waals surface area contributed by atoms with Crippen LogP contribution in [-0.4, -0.2) is 18.5 Å². The van der Waals surface area contributed by atoms with Gasteiger partial charge in [0, 0.05) is 4.90 Å². The SMILES string of the molecule is c1ccc(SC2COC2)cc1. The monoisotopic (exact) mass is 166 g/mol. The molecule has 1 heterocycles. The number of rotatable bonds is 2. The van der Waals surface area contributed by atoms with Gasteiger partial charge in [0.25, 0.3) is 0 Å². The van der Waals surface area contributed by atoms with E-state index in [4.69, 9.17) is 4.74 Å². The molecule has 1 aliphatic rings. The second-order valence-corrected chi connectivity index (χ2v) is 3.96. The molecule has 1 saturated heterocycles. The summed E-state index contributed by atoms with van der Waals surface area (Å²) in [5, 5.41) is 0.692. The molecule has 1 fully saturated rings. The summed E-state index contributed by atoms with van der Waals surface area (Å²) in [5.74, 6) is 0. The molecule has 0 atom stereocenters. The Morgan fingerprint density at radius 1 is 1.18 bits per heavy atom. The third kappa shape index (κ3) is 1.76. The Bertz CT molecular complexity index is 218. The van der Waals surface area contributed by atoms with E-state index >= 15 is 0 Å². The van der Waals surface area contributed by atoms with Crippen LogP contribution in [0.2, 0.25) is 0 Å². The van der Waals surface area contributed by atoms with Crippen molar-refractivity contribution in [3.8, 4) is 0 Å². The van der Waals surface area contributed by atoms with Crippen molar-refractivity contribution in [3.63, 3.8) is 0 Å². The minimum Gasteiger partial charge on any atom is -0.379 e. The lowest BCUT2D eigenvalue weighted by Gasteiger charge is -2.24. The summed E-state index contributed by atoms with van der Waals surface area (Å²) in [6.45, 7) is 1.83. The average molecular weight is 166 g/mol. The van der Waals surface area contributed by atoms with Crippen molar-refractivity contribution in [1.29, 1.82) is 0 Å². The Balaban J connectivity index is 1.95. The number of benzene rings is 1. The van der Waals surface area contributed by atoms with Crippen molar-refractivity contribution in [2.75, 3.05) is 13.2 Å². The second-order valence-electron chi connectivity index (χ2n) is 2.59. The summed E-state index contributed by atoms with van der Waals surface area (Å²) < 4.78 is 5.09. The highest BCUT2D eigenvalue weighted by atomic mass is 32.2. The summed E-state index contributed by atoms with van der Waals surface area (Å²) in [6.07, 6.45) is 0. The Labute approximate surface area is 70.8 Å². The highest BCUT2D eigenvalue weighted by Crippen LogP contribution is 2.27. The van der Waals surface area contributed by atoms with E-state index in [0.717, 1.165) is 13.2 Å². The predicted molar refractivity (Wildman–Crippen MR) is 46.9 cm³/mol. The van der Waals surface area contributed by atoms with E-state index in [2.05, 4.69) is 24.3 Å². The minimum atomic E-state index is 0.692. The molecule has 0 bridgehead atoms. The molecule has 0 aromatic heterocycles. The highest BCUT2D eigenvalue weighted by molar-refractivity contribution is 8.00. The van der Waals surface area contributed by atoms with Crippen LogP contribution in [0.15, 0.2) is 35.2 Å². The zero-order chi connectivity index (χ0) is 7.52. The fourth-order valence-corrected chi connectivity index (χ4v) is 2.00. The summed E-state index contributed by atoms with van der Waals surface area (Å²) in [6, 6.07) is 10.5. The van der Waals surface area contributed by atoms with Crippen molar-refractivity contribution < 1.29 is 4.74 Å². The fraction of sp³-hybridized carbons (Fsp3) is 0.333. The van der Waals surface area contributed by atoms with Gasteiger partial charge in [0.15, 0.2) is 0 Å². The lowest BCUT2D eigenvalue weighted by Crippen LogP contribution is -2.29. The van der Waals surface area contributed by atoms with Crippen molar-refractivity contribution in [3.05, 3.63) is 30.3 Å². The van der Waals surface area contributed by atoms with Crippen molar-refractivity contribution in [2.45, 2.75) is 10.1 Å². The summed E-state index contributed by atoms with van der Waals surface area (Å²) in [4.78, 5) is 1.35. The first-order valence-corrected chi connectivity index (χ1v) is 4.62. The molecule has 1 nitrogen and oxygen atoms in total. The molecule has 1 aliphatic heterocycles. The standard InChI is InChI=1S/C9H10OS/c1-2-4-8(5-3-1)11-9-6-10-7-9/h1-5,9H,6-7H2. The van der Waals surface area contributed by atoms with Gasteiger partial charge < -0.3 is 4.74 Å². The van der Waals surface area contributed by atoms with Crippen LogP contribution in [0.1, 0.15) is 0 Å². The first kappa shape index (κ1) is 7.19. The van der Waals surface area contributed by atoms with E-state index in [1.807, 2.05) is 17.8 Å². The lowest BCUT2D eigenvalue weighted by molar-refractivity contribution is 0.0455. The van der Waals surface area contributed by atoms with E-state index in [1.54, 1.807) is 0 Å². The average Bonchev–Trinajstić information content (AvgIpc) is 1.99. The number of hydrogen-bond acceptors (Lipinski definition) is 2. The van der Waals surface area contributed by atoms with Gasteiger partial charge in [-0.05, 0) is 12.1 Å². The third-order valence-corrected chi connectivity index (χ3v) is 2.80. The van der Waals surface area contributed by atoms with Crippen LogP contribution in [0.3, 0.4) is 0 Å². The third-order valence-electron chi connectivity index (χ3n) is 1.65. The van der Waals surface area contributed by atoms with Crippen LogP contribution in [0.5, 0.6) is 0 Å². The normalized spacial score (nSPS) is 17.8. The maximum absolute atomic E-state index is 5.09. The molecule has 11 heavy (non-hydrogen) atoms. The van der Waals surface area contributed by atoms with Crippen LogP contribution in [0, 0.1) is 0 Å². The number of ether oxygens (including phenoxy) is 1. The molecule has 58 valence electrons. The smallest absolute Gasteiger partial charge is 0.0611 e. The van der Waals surface area contributed by atoms with Crippen LogP contribution in [-0.2, 0) is 4.74 Å². The molecular weight excluding hydrogens is 156 g/mol. The maximum atomic E-state index is 5.09. The largest absolute Gasteiger partial charge is 0.379 e. The van der Waals surface area contributed by atoms with Gasteiger partial charge in [-0.1, -0.05) is 18.2 Å². The first-order chi connectivity index (χ1) is 5.45. The van der Waals surface area contributed by atoms with Crippen LogP contribution in [0.25, 0.3) is 0 Å². The molecule has 0 aliphatic carbocycles. The Morgan fingerprint density at radius 3 is 2.45 bits per heavy atom. The minimum absolute atomic E-state index is 0.692. The van der Waals surface area contributed by atoms with Crippen molar-refractivity contribution in [2.24, 2.45) is 0 Å². The van der Waals surface area contributed by atoms with Gasteiger partial charge in [0.05, 0.1) is 18.5 Å². The molecule has 0 radical (unpaired) electrons. The first-order valence-electron chi connectivity index (χ1n) is 3.74. The van der Waals surface area contributed by atoms with Gasteiger partial charge in [-0.25, -0.2) is 0 Å². The zero-order valence-corrected chi connectivity index (χ0v) is 7.01. The topological polar surface area (TPSA) is 9.23 Å². The summed E-state index contributed by atoms with van der Waals surface area (Å²) >= 11 is 1.91. The van der Waals surface area contributed by atoms with E-state index in [-0.39, 0.29) is 0 Å². The lowest BCUT2D eigenvalue weighted by atomic mass is 10.4. The van der Waals surface area contributed by atoms with Crippen LogP contribution < -0.4 is 0 Å². The Hall–Kier alpha value is -0.470. The molecule has 1 aromatic rings. The molecule has 0 N–H and O–H groups in total. The van der Waals surface area contributed by atoms with Crippen molar-refractivity contribution >= 4 is 11.8 Å². The van der Waals surface area contributed by atoms with Gasteiger partial charge >= 0.3 is 0 Å².